The molecule has 2 heterocycles. The van der Waals surface area contributed by atoms with Gasteiger partial charge in [0.15, 0.2) is 5.52 Å². The van der Waals surface area contributed by atoms with Gasteiger partial charge < -0.3 is 0 Å². The van der Waals surface area contributed by atoms with Crippen molar-refractivity contribution in [2.45, 2.75) is 6.92 Å². The highest BCUT2D eigenvalue weighted by Gasteiger charge is 2.13. The van der Waals surface area contributed by atoms with Crippen LogP contribution in [0, 0.1) is 6.92 Å². The lowest BCUT2D eigenvalue weighted by molar-refractivity contribution is 0.775. The first-order chi connectivity index (χ1) is 9.49. The molecule has 0 saturated carbocycles. The molecule has 0 unspecified atom stereocenters. The molecule has 0 aliphatic rings. The van der Waals surface area contributed by atoms with Crippen LogP contribution in [0.5, 0.6) is 0 Å². The molecule has 20 heavy (non-hydrogen) atoms. The lowest BCUT2D eigenvalue weighted by Crippen LogP contribution is -2.20. The van der Waals surface area contributed by atoms with E-state index in [1.54, 1.807) is 25.2 Å². The van der Waals surface area contributed by atoms with Crippen molar-refractivity contribution in [2.75, 3.05) is 0 Å². The predicted octanol–water partition coefficient (Wildman–Crippen LogP) is 2.73. The average molecular weight is 309 g/mol. The fourth-order valence-corrected chi connectivity index (χ4v) is 2.43. The number of benzene rings is 1. The number of fused-ring (bicyclic) bond motifs is 1. The molecular formula is C13H10Cl2N4O. The van der Waals surface area contributed by atoms with E-state index in [9.17, 15) is 4.79 Å². The predicted molar refractivity (Wildman–Crippen MR) is 78.9 cm³/mol. The van der Waals surface area contributed by atoms with Gasteiger partial charge in [0.25, 0.3) is 5.56 Å². The van der Waals surface area contributed by atoms with Crippen LogP contribution in [0.25, 0.3) is 16.7 Å². The summed E-state index contributed by atoms with van der Waals surface area (Å²) < 4.78 is 2.96. The zero-order chi connectivity index (χ0) is 14.4. The standard InChI is InChI=1S/C13H10Cl2N4O/c1-7-11-12(18(2)17-7)13(20)19(6-16-11)8-3-4-9(14)10(15)5-8/h3-6H,1-2H3. The van der Waals surface area contributed by atoms with Crippen LogP contribution in [0.1, 0.15) is 5.69 Å². The summed E-state index contributed by atoms with van der Waals surface area (Å²) in [6, 6.07) is 4.98. The first-order valence-electron chi connectivity index (χ1n) is 5.85. The van der Waals surface area contributed by atoms with Crippen LogP contribution in [0.3, 0.4) is 0 Å². The maximum atomic E-state index is 12.5. The zero-order valence-corrected chi connectivity index (χ0v) is 12.3. The Bertz CT molecular complexity index is 882. The van der Waals surface area contributed by atoms with E-state index in [1.807, 2.05) is 6.92 Å². The van der Waals surface area contributed by atoms with E-state index >= 15 is 0 Å². The molecule has 0 aliphatic carbocycles. The van der Waals surface area contributed by atoms with E-state index in [0.29, 0.717) is 26.8 Å². The van der Waals surface area contributed by atoms with E-state index in [1.165, 1.54) is 15.6 Å². The average Bonchev–Trinajstić information content (AvgIpc) is 2.69. The van der Waals surface area contributed by atoms with Crippen LogP contribution < -0.4 is 5.56 Å². The molecule has 1 aromatic carbocycles. The lowest BCUT2D eigenvalue weighted by atomic mass is 10.3. The number of aryl methyl sites for hydroxylation is 2. The number of nitrogens with zero attached hydrogens (tertiary/aromatic N) is 4. The minimum absolute atomic E-state index is 0.198. The second-order valence-electron chi connectivity index (χ2n) is 4.42. The van der Waals surface area contributed by atoms with Crippen molar-refractivity contribution >= 4 is 34.2 Å². The summed E-state index contributed by atoms with van der Waals surface area (Å²) in [4.78, 5) is 16.8. The monoisotopic (exact) mass is 308 g/mol. The van der Waals surface area contributed by atoms with Gasteiger partial charge in [-0.25, -0.2) is 4.98 Å². The second kappa shape index (κ2) is 4.61. The molecule has 3 aromatic rings. The maximum Gasteiger partial charge on any atom is 0.284 e. The van der Waals surface area contributed by atoms with Gasteiger partial charge in [0, 0.05) is 7.05 Å². The fraction of sp³-hybridized carbons (Fsp3) is 0.154. The zero-order valence-electron chi connectivity index (χ0n) is 10.8. The van der Waals surface area contributed by atoms with Crippen LogP contribution >= 0.6 is 23.2 Å². The van der Waals surface area contributed by atoms with Gasteiger partial charge in [-0.2, -0.15) is 5.10 Å². The smallest absolute Gasteiger partial charge is 0.266 e. The summed E-state index contributed by atoms with van der Waals surface area (Å²) in [6.45, 7) is 1.82. The Morgan fingerprint density at radius 3 is 2.65 bits per heavy atom. The summed E-state index contributed by atoms with van der Waals surface area (Å²) in [5, 5.41) is 5.04. The Kier molecular flexibility index (Phi) is 3.03. The Balaban J connectivity index is 2.32. The molecule has 0 bridgehead atoms. The van der Waals surface area contributed by atoms with Crippen molar-refractivity contribution in [3.8, 4) is 5.69 Å². The van der Waals surface area contributed by atoms with Gasteiger partial charge in [-0.1, -0.05) is 23.2 Å². The van der Waals surface area contributed by atoms with E-state index in [-0.39, 0.29) is 5.56 Å². The quantitative estimate of drug-likeness (QED) is 0.694. The van der Waals surface area contributed by atoms with Crippen LogP contribution in [0.4, 0.5) is 0 Å². The normalized spacial score (nSPS) is 11.2. The Labute approximate surface area is 124 Å². The minimum atomic E-state index is -0.198. The third-order valence-corrected chi connectivity index (χ3v) is 3.83. The van der Waals surface area contributed by atoms with Crippen LogP contribution in [0.2, 0.25) is 10.0 Å². The minimum Gasteiger partial charge on any atom is -0.266 e. The summed E-state index contributed by atoms with van der Waals surface area (Å²) in [5.74, 6) is 0. The van der Waals surface area contributed by atoms with Crippen LogP contribution in [0.15, 0.2) is 29.3 Å². The molecular weight excluding hydrogens is 299 g/mol. The molecule has 0 aliphatic heterocycles. The SMILES string of the molecule is Cc1nn(C)c2c(=O)n(-c3ccc(Cl)c(Cl)c3)cnc12. The van der Waals surface area contributed by atoms with Crippen molar-refractivity contribution in [3.63, 3.8) is 0 Å². The largest absolute Gasteiger partial charge is 0.284 e. The second-order valence-corrected chi connectivity index (χ2v) is 5.24. The van der Waals surface area contributed by atoms with Gasteiger partial charge in [0.2, 0.25) is 0 Å². The summed E-state index contributed by atoms with van der Waals surface area (Å²) in [6.07, 6.45) is 1.47. The van der Waals surface area contributed by atoms with E-state index in [0.717, 1.165) is 5.69 Å². The highest BCUT2D eigenvalue weighted by atomic mass is 35.5. The highest BCUT2D eigenvalue weighted by molar-refractivity contribution is 6.42. The van der Waals surface area contributed by atoms with Gasteiger partial charge in [0.1, 0.15) is 11.8 Å². The van der Waals surface area contributed by atoms with Crippen molar-refractivity contribution in [1.82, 2.24) is 19.3 Å². The molecule has 0 N–H and O–H groups in total. The highest BCUT2D eigenvalue weighted by Crippen LogP contribution is 2.24. The molecule has 0 fully saturated rings. The van der Waals surface area contributed by atoms with Gasteiger partial charge in [-0.15, -0.1) is 0 Å². The van der Waals surface area contributed by atoms with Crippen molar-refractivity contribution in [1.29, 1.82) is 0 Å². The molecule has 102 valence electrons. The Morgan fingerprint density at radius 1 is 1.20 bits per heavy atom. The molecule has 0 radical (unpaired) electrons. The molecule has 3 rings (SSSR count). The molecule has 7 heteroatoms. The third-order valence-electron chi connectivity index (χ3n) is 3.10. The maximum absolute atomic E-state index is 12.5. The van der Waals surface area contributed by atoms with Gasteiger partial charge in [-0.3, -0.25) is 14.0 Å². The number of hydrogen-bond donors (Lipinski definition) is 0. The van der Waals surface area contributed by atoms with Crippen molar-refractivity contribution in [2.24, 2.45) is 7.05 Å². The molecule has 0 saturated heterocycles. The summed E-state index contributed by atoms with van der Waals surface area (Å²) in [7, 11) is 1.72. The number of rotatable bonds is 1. The van der Waals surface area contributed by atoms with Gasteiger partial charge >= 0.3 is 0 Å². The number of aromatic nitrogens is 4. The van der Waals surface area contributed by atoms with Gasteiger partial charge in [-0.05, 0) is 25.1 Å². The first-order valence-corrected chi connectivity index (χ1v) is 6.61. The Hall–Kier alpha value is -1.85. The molecule has 5 nitrogen and oxygen atoms in total. The van der Waals surface area contributed by atoms with Gasteiger partial charge in [0.05, 0.1) is 21.4 Å². The fourth-order valence-electron chi connectivity index (χ4n) is 2.14. The van der Waals surface area contributed by atoms with E-state index < -0.39 is 0 Å². The topological polar surface area (TPSA) is 52.7 Å². The number of hydrogen-bond acceptors (Lipinski definition) is 3. The molecule has 0 amide bonds. The Morgan fingerprint density at radius 2 is 1.95 bits per heavy atom. The summed E-state index contributed by atoms with van der Waals surface area (Å²) in [5.41, 5.74) is 2.19. The van der Waals surface area contributed by atoms with E-state index in [2.05, 4.69) is 10.1 Å². The molecule has 0 atom stereocenters. The van der Waals surface area contributed by atoms with Crippen LogP contribution in [-0.4, -0.2) is 19.3 Å². The molecule has 2 aromatic heterocycles. The first kappa shape index (κ1) is 13.1. The lowest BCUT2D eigenvalue weighted by Gasteiger charge is -2.06. The van der Waals surface area contributed by atoms with Crippen LogP contribution in [-0.2, 0) is 7.05 Å². The third kappa shape index (κ3) is 1.90. The summed E-state index contributed by atoms with van der Waals surface area (Å²) >= 11 is 11.9. The number of halogens is 2. The van der Waals surface area contributed by atoms with E-state index in [4.69, 9.17) is 23.2 Å². The van der Waals surface area contributed by atoms with Crippen molar-refractivity contribution < 1.29 is 0 Å². The van der Waals surface area contributed by atoms with Crippen molar-refractivity contribution in [3.05, 3.63) is 50.6 Å². The molecule has 0 spiro atoms.